The zero-order valence-corrected chi connectivity index (χ0v) is 14.4. The summed E-state index contributed by atoms with van der Waals surface area (Å²) in [5, 5.41) is 2.61. The van der Waals surface area contributed by atoms with E-state index in [1.807, 2.05) is 6.92 Å². The van der Waals surface area contributed by atoms with Crippen LogP contribution in [0.15, 0.2) is 16.6 Å². The molecule has 21 heavy (non-hydrogen) atoms. The predicted octanol–water partition coefficient (Wildman–Crippen LogP) is 3.14. The second kappa shape index (κ2) is 9.63. The highest BCUT2D eigenvalue weighted by molar-refractivity contribution is 9.10. The van der Waals surface area contributed by atoms with Crippen LogP contribution < -0.4 is 14.8 Å². The zero-order chi connectivity index (χ0) is 15.7. The van der Waals surface area contributed by atoms with Crippen LogP contribution in [0.4, 0.5) is 5.69 Å². The Morgan fingerprint density at radius 3 is 2.52 bits per heavy atom. The molecule has 6 heteroatoms. The number of carbonyl (C=O) groups is 1. The lowest BCUT2D eigenvalue weighted by molar-refractivity contribution is -0.105. The van der Waals surface area contributed by atoms with E-state index >= 15 is 0 Å². The Morgan fingerprint density at radius 1 is 1.24 bits per heavy atom. The first kappa shape index (κ1) is 17.8. The van der Waals surface area contributed by atoms with E-state index in [1.165, 1.54) is 0 Å². The van der Waals surface area contributed by atoms with Crippen LogP contribution in [0, 0.1) is 0 Å². The van der Waals surface area contributed by atoms with Crippen molar-refractivity contribution in [1.29, 1.82) is 0 Å². The van der Waals surface area contributed by atoms with Gasteiger partial charge in [-0.05, 0) is 42.0 Å². The molecule has 1 amide bonds. The van der Waals surface area contributed by atoms with Gasteiger partial charge in [-0.2, -0.15) is 0 Å². The van der Waals surface area contributed by atoms with Gasteiger partial charge in [0.2, 0.25) is 6.41 Å². The van der Waals surface area contributed by atoms with Crippen molar-refractivity contribution in [2.24, 2.45) is 0 Å². The molecule has 0 saturated heterocycles. The lowest BCUT2D eigenvalue weighted by atomic mass is 10.2. The van der Waals surface area contributed by atoms with E-state index in [-0.39, 0.29) is 0 Å². The van der Waals surface area contributed by atoms with Gasteiger partial charge in [0, 0.05) is 18.3 Å². The molecule has 0 aliphatic rings. The first-order chi connectivity index (χ1) is 10.2. The van der Waals surface area contributed by atoms with Crippen molar-refractivity contribution in [2.75, 3.05) is 38.2 Å². The summed E-state index contributed by atoms with van der Waals surface area (Å²) in [4.78, 5) is 12.8. The molecule has 5 nitrogen and oxygen atoms in total. The summed E-state index contributed by atoms with van der Waals surface area (Å²) in [5.74, 6) is 1.29. The summed E-state index contributed by atoms with van der Waals surface area (Å²) in [6.45, 7) is 10.1. The summed E-state index contributed by atoms with van der Waals surface area (Å²) in [5.41, 5.74) is 0.663. The molecule has 0 aromatic heterocycles. The van der Waals surface area contributed by atoms with E-state index in [9.17, 15) is 4.79 Å². The number of hydrogen-bond acceptors (Lipinski definition) is 4. The Bertz CT molecular complexity index is 451. The maximum atomic E-state index is 10.5. The van der Waals surface area contributed by atoms with E-state index in [0.29, 0.717) is 36.8 Å². The lowest BCUT2D eigenvalue weighted by Gasteiger charge is -2.20. The monoisotopic (exact) mass is 358 g/mol. The minimum absolute atomic E-state index is 0.531. The van der Waals surface area contributed by atoms with Gasteiger partial charge in [0.1, 0.15) is 6.61 Å². The quantitative estimate of drug-likeness (QED) is 0.652. The second-order valence-corrected chi connectivity index (χ2v) is 5.21. The molecule has 1 aromatic rings. The van der Waals surface area contributed by atoms with Gasteiger partial charge < -0.3 is 19.7 Å². The van der Waals surface area contributed by atoms with Crippen LogP contribution in [-0.2, 0) is 4.79 Å². The fourth-order valence-electron chi connectivity index (χ4n) is 1.94. The third-order valence-electron chi connectivity index (χ3n) is 3.08. The van der Waals surface area contributed by atoms with Crippen molar-refractivity contribution in [3.63, 3.8) is 0 Å². The highest BCUT2D eigenvalue weighted by Gasteiger charge is 2.12. The van der Waals surface area contributed by atoms with Crippen molar-refractivity contribution in [1.82, 2.24) is 4.90 Å². The fourth-order valence-corrected chi connectivity index (χ4v) is 2.50. The Hall–Kier alpha value is -1.27. The predicted molar refractivity (Wildman–Crippen MR) is 88.3 cm³/mol. The SMILES string of the molecule is CCOc1cc(NC=O)cc(Br)c1OCCN(CC)CC. The summed E-state index contributed by atoms with van der Waals surface area (Å²) >= 11 is 3.46. The Balaban J connectivity index is 2.81. The number of rotatable bonds is 10. The molecule has 118 valence electrons. The molecule has 0 spiro atoms. The summed E-state index contributed by atoms with van der Waals surface area (Å²) < 4.78 is 12.2. The number of halogens is 1. The molecular weight excluding hydrogens is 336 g/mol. The first-order valence-electron chi connectivity index (χ1n) is 7.17. The molecule has 0 bridgehead atoms. The smallest absolute Gasteiger partial charge is 0.211 e. The van der Waals surface area contributed by atoms with Gasteiger partial charge in [-0.3, -0.25) is 4.79 Å². The fraction of sp³-hybridized carbons (Fsp3) is 0.533. The lowest BCUT2D eigenvalue weighted by Crippen LogP contribution is -2.28. The van der Waals surface area contributed by atoms with Gasteiger partial charge in [-0.25, -0.2) is 0 Å². The minimum atomic E-state index is 0.531. The average Bonchev–Trinajstić information content (AvgIpc) is 2.46. The van der Waals surface area contributed by atoms with Crippen LogP contribution >= 0.6 is 15.9 Å². The molecule has 0 atom stereocenters. The molecule has 0 radical (unpaired) electrons. The summed E-state index contributed by atoms with van der Waals surface area (Å²) in [6.07, 6.45) is 0.637. The van der Waals surface area contributed by atoms with Crippen molar-refractivity contribution in [2.45, 2.75) is 20.8 Å². The summed E-state index contributed by atoms with van der Waals surface area (Å²) in [6, 6.07) is 3.55. The number of nitrogens with zero attached hydrogens (tertiary/aromatic N) is 1. The van der Waals surface area contributed by atoms with Gasteiger partial charge in [0.15, 0.2) is 11.5 Å². The van der Waals surface area contributed by atoms with E-state index in [0.717, 1.165) is 24.1 Å². The van der Waals surface area contributed by atoms with E-state index < -0.39 is 0 Å². The maximum Gasteiger partial charge on any atom is 0.211 e. The maximum absolute atomic E-state index is 10.5. The summed E-state index contributed by atoms with van der Waals surface area (Å²) in [7, 11) is 0. The second-order valence-electron chi connectivity index (χ2n) is 4.36. The number of ether oxygens (including phenoxy) is 2. The third kappa shape index (κ3) is 5.55. The number of nitrogens with one attached hydrogen (secondary N) is 1. The molecule has 1 N–H and O–H groups in total. The van der Waals surface area contributed by atoms with Crippen LogP contribution in [0.5, 0.6) is 11.5 Å². The van der Waals surface area contributed by atoms with Crippen molar-refractivity contribution in [3.8, 4) is 11.5 Å². The van der Waals surface area contributed by atoms with Crippen molar-refractivity contribution in [3.05, 3.63) is 16.6 Å². The minimum Gasteiger partial charge on any atom is -0.490 e. The number of anilines is 1. The largest absolute Gasteiger partial charge is 0.490 e. The number of likely N-dealkylation sites (N-methyl/N-ethyl adjacent to an activating group) is 1. The van der Waals surface area contributed by atoms with E-state index in [1.54, 1.807) is 12.1 Å². The van der Waals surface area contributed by atoms with Gasteiger partial charge >= 0.3 is 0 Å². The zero-order valence-electron chi connectivity index (χ0n) is 12.8. The number of amides is 1. The van der Waals surface area contributed by atoms with Crippen LogP contribution in [0.3, 0.4) is 0 Å². The molecule has 0 fully saturated rings. The molecule has 1 aromatic carbocycles. The van der Waals surface area contributed by atoms with Gasteiger partial charge in [-0.1, -0.05) is 13.8 Å². The number of hydrogen-bond donors (Lipinski definition) is 1. The van der Waals surface area contributed by atoms with Gasteiger partial charge in [-0.15, -0.1) is 0 Å². The Morgan fingerprint density at radius 2 is 1.95 bits per heavy atom. The van der Waals surface area contributed by atoms with E-state index in [4.69, 9.17) is 9.47 Å². The van der Waals surface area contributed by atoms with Crippen LogP contribution in [0.2, 0.25) is 0 Å². The molecule has 0 heterocycles. The average molecular weight is 359 g/mol. The van der Waals surface area contributed by atoms with Crippen LogP contribution in [-0.4, -0.2) is 44.2 Å². The molecule has 0 aliphatic carbocycles. The number of benzene rings is 1. The molecule has 0 saturated carbocycles. The Labute approximate surface area is 134 Å². The first-order valence-corrected chi connectivity index (χ1v) is 7.97. The molecule has 0 aliphatic heterocycles. The van der Waals surface area contributed by atoms with E-state index in [2.05, 4.69) is 40.0 Å². The van der Waals surface area contributed by atoms with Crippen molar-refractivity contribution >= 4 is 28.0 Å². The third-order valence-corrected chi connectivity index (χ3v) is 3.67. The Kier molecular flexibility index (Phi) is 8.15. The van der Waals surface area contributed by atoms with Gasteiger partial charge in [0.05, 0.1) is 11.1 Å². The highest BCUT2D eigenvalue weighted by Crippen LogP contribution is 2.38. The molecule has 0 unspecified atom stereocenters. The van der Waals surface area contributed by atoms with Gasteiger partial charge in [0.25, 0.3) is 0 Å². The standard InChI is InChI=1S/C15H23BrN2O3/c1-4-18(5-2)7-8-21-15-13(16)9-12(17-11-19)10-14(15)20-6-3/h9-11H,4-8H2,1-3H3,(H,17,19). The normalized spacial score (nSPS) is 10.5. The molecule has 1 rings (SSSR count). The number of carbonyl (C=O) groups excluding carboxylic acids is 1. The molecular formula is C15H23BrN2O3. The topological polar surface area (TPSA) is 50.8 Å². The van der Waals surface area contributed by atoms with Crippen molar-refractivity contribution < 1.29 is 14.3 Å². The highest BCUT2D eigenvalue weighted by atomic mass is 79.9. The van der Waals surface area contributed by atoms with Crippen LogP contribution in [0.25, 0.3) is 0 Å². The van der Waals surface area contributed by atoms with Crippen LogP contribution in [0.1, 0.15) is 20.8 Å².